The van der Waals surface area contributed by atoms with Crippen LogP contribution in [0.4, 0.5) is 14.5 Å². The van der Waals surface area contributed by atoms with Crippen molar-refractivity contribution in [1.82, 2.24) is 0 Å². The number of hydrogen-bond acceptors (Lipinski definition) is 3. The number of rotatable bonds is 5. The molecule has 1 rings (SSSR count). The lowest BCUT2D eigenvalue weighted by Crippen LogP contribution is -2.25. The summed E-state index contributed by atoms with van der Waals surface area (Å²) in [5.74, 6) is -1.62. The first kappa shape index (κ1) is 15.0. The first-order valence-electron chi connectivity index (χ1n) is 5.45. The van der Waals surface area contributed by atoms with Crippen LogP contribution in [0.1, 0.15) is 20.3 Å². The summed E-state index contributed by atoms with van der Waals surface area (Å²) in [7, 11) is -0.213. The smallest absolute Gasteiger partial charge is 0.144 e. The molecule has 1 atom stereocenters. The zero-order valence-electron chi connectivity index (χ0n) is 10.6. The number of nitrogen functional groups attached to an aromatic ring is 1. The lowest BCUT2D eigenvalue weighted by atomic mass is 10.1. The van der Waals surface area contributed by atoms with Gasteiger partial charge in [0.2, 0.25) is 0 Å². The van der Waals surface area contributed by atoms with Gasteiger partial charge >= 0.3 is 0 Å². The highest BCUT2D eigenvalue weighted by molar-refractivity contribution is 7.85. The third-order valence-electron chi connectivity index (χ3n) is 2.69. The molecule has 0 aliphatic heterocycles. The third-order valence-corrected chi connectivity index (χ3v) is 4.11. The molecular weight excluding hydrogens is 260 g/mol. The van der Waals surface area contributed by atoms with Gasteiger partial charge in [0.1, 0.15) is 16.5 Å². The van der Waals surface area contributed by atoms with E-state index in [9.17, 15) is 13.0 Å². The van der Waals surface area contributed by atoms with Crippen LogP contribution in [-0.2, 0) is 15.5 Å². The second-order valence-electron chi connectivity index (χ2n) is 4.58. The maximum Gasteiger partial charge on any atom is 0.144 e. The van der Waals surface area contributed by atoms with Crippen molar-refractivity contribution in [2.75, 3.05) is 18.6 Å². The van der Waals surface area contributed by atoms with Crippen LogP contribution in [0.3, 0.4) is 0 Å². The Morgan fingerprint density at radius 1 is 1.33 bits per heavy atom. The maximum atomic E-state index is 13.5. The van der Waals surface area contributed by atoms with Gasteiger partial charge in [0.15, 0.2) is 0 Å². The topological polar surface area (TPSA) is 52.3 Å². The molecule has 1 aromatic rings. The summed E-state index contributed by atoms with van der Waals surface area (Å²) in [6.45, 7) is 3.64. The quantitative estimate of drug-likeness (QED) is 0.841. The van der Waals surface area contributed by atoms with Gasteiger partial charge in [-0.15, -0.1) is 0 Å². The minimum Gasteiger partial charge on any atom is -0.399 e. The van der Waals surface area contributed by atoms with Gasteiger partial charge in [-0.1, -0.05) is 0 Å². The molecule has 18 heavy (non-hydrogen) atoms. The zero-order valence-corrected chi connectivity index (χ0v) is 11.4. The number of anilines is 1. The molecule has 102 valence electrons. The first-order valence-corrected chi connectivity index (χ1v) is 6.77. The molecule has 1 unspecified atom stereocenters. The Kier molecular flexibility index (Phi) is 4.81. The molecule has 0 saturated heterocycles. The molecule has 0 fully saturated rings. The molecular formula is C12H17F2NO2S. The van der Waals surface area contributed by atoms with Crippen molar-refractivity contribution < 1.29 is 17.7 Å². The Morgan fingerprint density at radius 3 is 2.28 bits per heavy atom. The predicted octanol–water partition coefficient (Wildman–Crippen LogP) is 2.47. The van der Waals surface area contributed by atoms with Crippen LogP contribution in [-0.4, -0.2) is 22.7 Å². The number of nitrogens with two attached hydrogens (primary N) is 1. The van der Waals surface area contributed by atoms with Crippen molar-refractivity contribution in [2.45, 2.75) is 30.8 Å². The van der Waals surface area contributed by atoms with Gasteiger partial charge in [-0.25, -0.2) is 8.78 Å². The van der Waals surface area contributed by atoms with Gasteiger partial charge in [0.25, 0.3) is 0 Å². The SMILES string of the molecule is COC(C)(C)CCS(=O)c1c(F)cc(N)cc1F. The van der Waals surface area contributed by atoms with Crippen molar-refractivity contribution >= 4 is 16.5 Å². The minimum absolute atomic E-state index is 0.0250. The van der Waals surface area contributed by atoms with Gasteiger partial charge < -0.3 is 10.5 Å². The van der Waals surface area contributed by atoms with E-state index in [-0.39, 0.29) is 11.4 Å². The third kappa shape index (κ3) is 3.74. The molecule has 0 aliphatic carbocycles. The molecule has 0 radical (unpaired) electrons. The standard InChI is InChI=1S/C12H17F2NO2S/c1-12(2,17-3)4-5-18(16)11-9(13)6-8(15)7-10(11)14/h6-7H,4-5,15H2,1-3H3. The monoisotopic (exact) mass is 277 g/mol. The summed E-state index contributed by atoms with van der Waals surface area (Å²) in [5.41, 5.74) is 4.79. The number of benzene rings is 1. The largest absolute Gasteiger partial charge is 0.399 e. The van der Waals surface area contributed by atoms with Gasteiger partial charge in [-0.3, -0.25) is 4.21 Å². The Balaban J connectivity index is 2.86. The van der Waals surface area contributed by atoms with Gasteiger partial charge in [0.05, 0.1) is 16.4 Å². The van der Waals surface area contributed by atoms with E-state index in [1.54, 1.807) is 0 Å². The fourth-order valence-corrected chi connectivity index (χ4v) is 2.77. The van der Waals surface area contributed by atoms with Crippen LogP contribution in [0.25, 0.3) is 0 Å². The number of halogens is 2. The van der Waals surface area contributed by atoms with Crippen molar-refractivity contribution in [3.05, 3.63) is 23.8 Å². The summed E-state index contributed by atoms with van der Waals surface area (Å²) < 4.78 is 44.1. The van der Waals surface area contributed by atoms with Crippen molar-refractivity contribution in [2.24, 2.45) is 0 Å². The molecule has 0 spiro atoms. The van der Waals surface area contributed by atoms with Crippen LogP contribution in [0.5, 0.6) is 0 Å². The van der Waals surface area contributed by atoms with E-state index in [0.29, 0.717) is 6.42 Å². The normalized spacial score (nSPS) is 13.6. The summed E-state index contributed by atoms with van der Waals surface area (Å²) in [6.07, 6.45) is 0.430. The molecule has 0 amide bonds. The van der Waals surface area contributed by atoms with Crippen LogP contribution in [0.15, 0.2) is 17.0 Å². The van der Waals surface area contributed by atoms with E-state index in [0.717, 1.165) is 12.1 Å². The van der Waals surface area contributed by atoms with Crippen LogP contribution in [0.2, 0.25) is 0 Å². The van der Waals surface area contributed by atoms with Crippen LogP contribution < -0.4 is 5.73 Å². The van der Waals surface area contributed by atoms with Crippen LogP contribution in [0, 0.1) is 11.6 Å². The van der Waals surface area contributed by atoms with Crippen molar-refractivity contribution in [3.63, 3.8) is 0 Å². The summed E-state index contributed by atoms with van der Waals surface area (Å²) in [4.78, 5) is -0.420. The Bertz CT molecular complexity index is 440. The Morgan fingerprint density at radius 2 is 1.83 bits per heavy atom. The van der Waals surface area contributed by atoms with E-state index in [2.05, 4.69) is 0 Å². The number of methoxy groups -OCH3 is 1. The number of ether oxygens (including phenoxy) is 1. The molecule has 3 nitrogen and oxygen atoms in total. The summed E-state index contributed by atoms with van der Waals surface area (Å²) >= 11 is 0. The van der Waals surface area contributed by atoms with Gasteiger partial charge in [-0.2, -0.15) is 0 Å². The van der Waals surface area contributed by atoms with E-state index in [1.165, 1.54) is 7.11 Å². The second-order valence-corrected chi connectivity index (χ2v) is 6.08. The van der Waals surface area contributed by atoms with E-state index in [4.69, 9.17) is 10.5 Å². The van der Waals surface area contributed by atoms with Crippen LogP contribution >= 0.6 is 0 Å². The highest BCUT2D eigenvalue weighted by Crippen LogP contribution is 2.22. The lowest BCUT2D eigenvalue weighted by Gasteiger charge is -2.22. The predicted molar refractivity (Wildman–Crippen MR) is 67.8 cm³/mol. The molecule has 6 heteroatoms. The molecule has 2 N–H and O–H groups in total. The molecule has 1 aromatic carbocycles. The Labute approximate surface area is 108 Å². The summed E-state index contributed by atoms with van der Waals surface area (Å²) in [5, 5.41) is 0. The maximum absolute atomic E-state index is 13.5. The van der Waals surface area contributed by atoms with Crippen molar-refractivity contribution in [3.8, 4) is 0 Å². The van der Waals surface area contributed by atoms with Gasteiger partial charge in [0, 0.05) is 18.6 Å². The van der Waals surface area contributed by atoms with E-state index >= 15 is 0 Å². The van der Waals surface area contributed by atoms with E-state index < -0.39 is 32.9 Å². The van der Waals surface area contributed by atoms with Crippen molar-refractivity contribution in [1.29, 1.82) is 0 Å². The fraction of sp³-hybridized carbons (Fsp3) is 0.500. The average Bonchev–Trinajstić information content (AvgIpc) is 2.25. The minimum atomic E-state index is -1.75. The first-order chi connectivity index (χ1) is 8.26. The molecule has 0 aromatic heterocycles. The highest BCUT2D eigenvalue weighted by Gasteiger charge is 2.21. The van der Waals surface area contributed by atoms with E-state index in [1.807, 2.05) is 13.8 Å². The molecule has 0 heterocycles. The molecule has 0 saturated carbocycles. The molecule has 0 bridgehead atoms. The Hall–Kier alpha value is -1.01. The highest BCUT2D eigenvalue weighted by atomic mass is 32.2. The zero-order chi connectivity index (χ0) is 13.9. The number of hydrogen-bond donors (Lipinski definition) is 1. The average molecular weight is 277 g/mol. The molecule has 0 aliphatic rings. The fourth-order valence-electron chi connectivity index (χ4n) is 1.34. The summed E-state index contributed by atoms with van der Waals surface area (Å²) in [6, 6.07) is 1.94. The van der Waals surface area contributed by atoms with Gasteiger partial charge in [-0.05, 0) is 32.4 Å². The lowest BCUT2D eigenvalue weighted by molar-refractivity contribution is 0.0205. The second kappa shape index (κ2) is 5.75.